The average molecular weight is 272 g/mol. The summed E-state index contributed by atoms with van der Waals surface area (Å²) in [5, 5.41) is 4.72. The second-order valence-electron chi connectivity index (χ2n) is 4.97. The lowest BCUT2D eigenvalue weighted by Gasteiger charge is -2.16. The summed E-state index contributed by atoms with van der Waals surface area (Å²) in [4.78, 5) is 0. The molecule has 3 rings (SSSR count). The first-order valence-electron chi connectivity index (χ1n) is 5.85. The van der Waals surface area contributed by atoms with Crippen molar-refractivity contribution in [3.63, 3.8) is 0 Å². The molecule has 1 aromatic carbocycles. The van der Waals surface area contributed by atoms with Gasteiger partial charge in [-0.3, -0.25) is 0 Å². The van der Waals surface area contributed by atoms with E-state index >= 15 is 0 Å². The molecule has 2 aliphatic rings. The van der Waals surface area contributed by atoms with Crippen molar-refractivity contribution in [2.24, 2.45) is 11.8 Å². The molecule has 0 aromatic heterocycles. The van der Waals surface area contributed by atoms with Crippen LogP contribution in [0, 0.1) is 11.8 Å². The van der Waals surface area contributed by atoms with Crippen molar-refractivity contribution in [3.05, 3.63) is 33.8 Å². The number of fused-ring (bicyclic) bond motifs is 1. The first-order chi connectivity index (χ1) is 8.20. The van der Waals surface area contributed by atoms with Gasteiger partial charge in [-0.25, -0.2) is 0 Å². The SMILES string of the molecule is COC[C@H]1[C@@H]2CNCC21c1ccc(Cl)c(Cl)c1. The van der Waals surface area contributed by atoms with Gasteiger partial charge in [0.15, 0.2) is 0 Å². The Hall–Kier alpha value is -0.280. The molecule has 17 heavy (non-hydrogen) atoms. The van der Waals surface area contributed by atoms with E-state index in [1.54, 1.807) is 7.11 Å². The minimum Gasteiger partial charge on any atom is -0.384 e. The molecule has 1 unspecified atom stereocenters. The maximum Gasteiger partial charge on any atom is 0.0595 e. The smallest absolute Gasteiger partial charge is 0.0595 e. The summed E-state index contributed by atoms with van der Waals surface area (Å²) in [5.74, 6) is 1.30. The molecule has 0 amide bonds. The Balaban J connectivity index is 1.94. The van der Waals surface area contributed by atoms with E-state index in [4.69, 9.17) is 27.9 Å². The highest BCUT2D eigenvalue weighted by atomic mass is 35.5. The quantitative estimate of drug-likeness (QED) is 0.913. The van der Waals surface area contributed by atoms with Crippen LogP contribution in [0.15, 0.2) is 18.2 Å². The van der Waals surface area contributed by atoms with Crippen LogP contribution in [0.4, 0.5) is 0 Å². The van der Waals surface area contributed by atoms with E-state index in [0.29, 0.717) is 21.9 Å². The zero-order chi connectivity index (χ0) is 12.0. The lowest BCUT2D eigenvalue weighted by molar-refractivity contribution is 0.172. The Morgan fingerprint density at radius 3 is 2.94 bits per heavy atom. The van der Waals surface area contributed by atoms with Crippen LogP contribution in [-0.2, 0) is 10.2 Å². The molecule has 0 spiro atoms. The highest BCUT2D eigenvalue weighted by Gasteiger charge is 2.67. The average Bonchev–Trinajstić information content (AvgIpc) is 2.72. The van der Waals surface area contributed by atoms with E-state index < -0.39 is 0 Å². The van der Waals surface area contributed by atoms with Crippen molar-refractivity contribution in [1.29, 1.82) is 0 Å². The monoisotopic (exact) mass is 271 g/mol. The molecule has 0 radical (unpaired) electrons. The minimum atomic E-state index is 0.226. The van der Waals surface area contributed by atoms with E-state index in [0.717, 1.165) is 19.7 Å². The van der Waals surface area contributed by atoms with Crippen molar-refractivity contribution in [3.8, 4) is 0 Å². The third-order valence-corrected chi connectivity index (χ3v) is 5.02. The highest BCUT2D eigenvalue weighted by Crippen LogP contribution is 2.62. The fraction of sp³-hybridized carbons (Fsp3) is 0.538. The van der Waals surface area contributed by atoms with Crippen molar-refractivity contribution >= 4 is 23.2 Å². The molecule has 92 valence electrons. The summed E-state index contributed by atoms with van der Waals surface area (Å²) in [6, 6.07) is 6.01. The standard InChI is InChI=1S/C13H15Cl2NO/c1-17-6-10-9-5-16-7-13(9,10)8-2-3-11(14)12(15)4-8/h2-4,9-10,16H,5-7H2,1H3/t9-,10-,13?/m0/s1. The molecule has 2 fully saturated rings. The van der Waals surface area contributed by atoms with Gasteiger partial charge in [-0.15, -0.1) is 0 Å². The number of ether oxygens (including phenoxy) is 1. The molecule has 1 aromatic rings. The van der Waals surface area contributed by atoms with Crippen LogP contribution in [0.1, 0.15) is 5.56 Å². The second kappa shape index (κ2) is 4.13. The molecule has 2 nitrogen and oxygen atoms in total. The third-order valence-electron chi connectivity index (χ3n) is 4.28. The Kier molecular flexibility index (Phi) is 2.86. The van der Waals surface area contributed by atoms with Gasteiger partial charge in [-0.1, -0.05) is 29.3 Å². The molecular formula is C13H15Cl2NO. The first kappa shape index (κ1) is 11.8. The third kappa shape index (κ3) is 1.62. The number of hydrogen-bond donors (Lipinski definition) is 1. The van der Waals surface area contributed by atoms with Gasteiger partial charge in [0, 0.05) is 19.1 Å². The summed E-state index contributed by atoms with van der Waals surface area (Å²) >= 11 is 12.1. The molecule has 1 aliphatic heterocycles. The minimum absolute atomic E-state index is 0.226. The number of methoxy groups -OCH3 is 1. The Bertz CT molecular complexity index is 451. The van der Waals surface area contributed by atoms with Crippen LogP contribution in [-0.4, -0.2) is 26.8 Å². The van der Waals surface area contributed by atoms with Crippen LogP contribution in [0.25, 0.3) is 0 Å². The maximum atomic E-state index is 6.11. The summed E-state index contributed by atoms with van der Waals surface area (Å²) < 4.78 is 5.32. The summed E-state index contributed by atoms with van der Waals surface area (Å²) in [5.41, 5.74) is 1.52. The van der Waals surface area contributed by atoms with Gasteiger partial charge in [0.05, 0.1) is 16.7 Å². The van der Waals surface area contributed by atoms with Crippen molar-refractivity contribution in [2.45, 2.75) is 5.41 Å². The molecule has 1 saturated heterocycles. The van der Waals surface area contributed by atoms with Crippen LogP contribution in [0.3, 0.4) is 0 Å². The highest BCUT2D eigenvalue weighted by molar-refractivity contribution is 6.42. The predicted octanol–water partition coefficient (Wildman–Crippen LogP) is 2.73. The van der Waals surface area contributed by atoms with E-state index in [1.807, 2.05) is 12.1 Å². The Morgan fingerprint density at radius 2 is 2.24 bits per heavy atom. The van der Waals surface area contributed by atoms with Crippen molar-refractivity contribution in [2.75, 3.05) is 26.8 Å². The molecular weight excluding hydrogens is 257 g/mol. The molecule has 3 atom stereocenters. The van der Waals surface area contributed by atoms with Crippen LogP contribution < -0.4 is 5.32 Å². The number of halogens is 2. The molecule has 0 bridgehead atoms. The van der Waals surface area contributed by atoms with Crippen molar-refractivity contribution in [1.82, 2.24) is 5.32 Å². The fourth-order valence-electron chi connectivity index (χ4n) is 3.39. The number of benzene rings is 1. The van der Waals surface area contributed by atoms with Gasteiger partial charge in [0.2, 0.25) is 0 Å². The molecule has 1 aliphatic carbocycles. The van der Waals surface area contributed by atoms with Crippen LogP contribution in [0.5, 0.6) is 0 Å². The number of hydrogen-bond acceptors (Lipinski definition) is 2. The van der Waals surface area contributed by atoms with Crippen LogP contribution in [0.2, 0.25) is 10.0 Å². The summed E-state index contributed by atoms with van der Waals surface area (Å²) in [7, 11) is 1.77. The van der Waals surface area contributed by atoms with Gasteiger partial charge in [0.1, 0.15) is 0 Å². The van der Waals surface area contributed by atoms with E-state index in [9.17, 15) is 0 Å². The summed E-state index contributed by atoms with van der Waals surface area (Å²) in [6.07, 6.45) is 0. The summed E-state index contributed by atoms with van der Waals surface area (Å²) in [6.45, 7) is 2.92. The topological polar surface area (TPSA) is 21.3 Å². The number of nitrogens with one attached hydrogen (secondary N) is 1. The van der Waals surface area contributed by atoms with Crippen LogP contribution >= 0.6 is 23.2 Å². The second-order valence-corrected chi connectivity index (χ2v) is 5.78. The van der Waals surface area contributed by atoms with E-state index in [1.165, 1.54) is 5.56 Å². The Labute approximate surface area is 111 Å². The lowest BCUT2D eigenvalue weighted by Crippen LogP contribution is -2.25. The number of piperidine rings is 1. The zero-order valence-corrected chi connectivity index (χ0v) is 11.2. The van der Waals surface area contributed by atoms with Gasteiger partial charge in [0.25, 0.3) is 0 Å². The largest absolute Gasteiger partial charge is 0.384 e. The normalized spacial score (nSPS) is 34.8. The fourth-order valence-corrected chi connectivity index (χ4v) is 3.68. The lowest BCUT2D eigenvalue weighted by atomic mass is 9.93. The maximum absolute atomic E-state index is 6.11. The van der Waals surface area contributed by atoms with E-state index in [2.05, 4.69) is 11.4 Å². The number of rotatable bonds is 3. The molecule has 4 heteroatoms. The van der Waals surface area contributed by atoms with E-state index in [-0.39, 0.29) is 5.41 Å². The van der Waals surface area contributed by atoms with Gasteiger partial charge >= 0.3 is 0 Å². The van der Waals surface area contributed by atoms with Crippen molar-refractivity contribution < 1.29 is 4.74 Å². The van der Waals surface area contributed by atoms with Gasteiger partial charge in [-0.05, 0) is 36.1 Å². The zero-order valence-electron chi connectivity index (χ0n) is 9.67. The first-order valence-corrected chi connectivity index (χ1v) is 6.61. The molecule has 1 heterocycles. The Morgan fingerprint density at radius 1 is 1.41 bits per heavy atom. The van der Waals surface area contributed by atoms with Gasteiger partial charge < -0.3 is 10.1 Å². The predicted molar refractivity (Wildman–Crippen MR) is 69.9 cm³/mol. The molecule has 1 N–H and O–H groups in total. The molecule has 1 saturated carbocycles. The van der Waals surface area contributed by atoms with Gasteiger partial charge in [-0.2, -0.15) is 0 Å².